The van der Waals surface area contributed by atoms with Crippen molar-refractivity contribution >= 4 is 5.97 Å². The molecule has 0 aromatic heterocycles. The number of rotatable bonds is 8. The lowest BCUT2D eigenvalue weighted by Crippen LogP contribution is -2.11. The molecule has 0 heterocycles. The Bertz CT molecular complexity index is 424. The molecule has 0 fully saturated rings. The minimum atomic E-state index is -0.358. The average molecular weight is 262 g/mol. The lowest BCUT2D eigenvalue weighted by molar-refractivity contribution is -0.140. The highest BCUT2D eigenvalue weighted by Gasteiger charge is 2.02. The molecule has 0 saturated carbocycles. The molecule has 0 N–H and O–H groups in total. The molecule has 1 rings (SSSR count). The zero-order valence-corrected chi connectivity index (χ0v) is 11.8. The summed E-state index contributed by atoms with van der Waals surface area (Å²) in [5.74, 6) is -0.358. The van der Waals surface area contributed by atoms with Crippen molar-refractivity contribution in [1.29, 1.82) is 0 Å². The van der Waals surface area contributed by atoms with E-state index in [4.69, 9.17) is 9.47 Å². The van der Waals surface area contributed by atoms with Crippen molar-refractivity contribution in [2.24, 2.45) is 0 Å². The van der Waals surface area contributed by atoms with Gasteiger partial charge in [0.1, 0.15) is 6.61 Å². The number of hydrogen-bond donors (Lipinski definition) is 0. The van der Waals surface area contributed by atoms with Gasteiger partial charge in [-0.05, 0) is 37.8 Å². The van der Waals surface area contributed by atoms with Crippen LogP contribution in [-0.2, 0) is 20.7 Å². The van der Waals surface area contributed by atoms with Crippen LogP contribution in [0.25, 0.3) is 0 Å². The Kier molecular flexibility index (Phi) is 6.90. The van der Waals surface area contributed by atoms with Gasteiger partial charge in [-0.15, -0.1) is 0 Å². The van der Waals surface area contributed by atoms with Crippen LogP contribution in [0.3, 0.4) is 0 Å². The number of carbonyl (C=O) groups is 1. The molecule has 0 radical (unpaired) electrons. The van der Waals surface area contributed by atoms with Gasteiger partial charge >= 0.3 is 5.97 Å². The van der Waals surface area contributed by atoms with E-state index in [1.165, 1.54) is 11.1 Å². The van der Waals surface area contributed by atoms with Crippen molar-refractivity contribution in [2.45, 2.75) is 26.7 Å². The fraction of sp³-hybridized carbons (Fsp3) is 0.438. The van der Waals surface area contributed by atoms with Crippen LogP contribution in [0.15, 0.2) is 36.4 Å². The summed E-state index contributed by atoms with van der Waals surface area (Å²) in [6.45, 7) is 8.66. The maximum atomic E-state index is 11.1. The minimum absolute atomic E-state index is 0.288. The molecule has 0 aliphatic rings. The quantitative estimate of drug-likeness (QED) is 0.410. The van der Waals surface area contributed by atoms with Crippen LogP contribution in [0.4, 0.5) is 0 Å². The zero-order chi connectivity index (χ0) is 14.1. The molecule has 0 aliphatic heterocycles. The summed E-state index contributed by atoms with van der Waals surface area (Å²) < 4.78 is 10.3. The number of ether oxygens (including phenoxy) is 2. The van der Waals surface area contributed by atoms with E-state index in [0.29, 0.717) is 18.8 Å². The summed E-state index contributed by atoms with van der Waals surface area (Å²) in [7, 11) is 0. The predicted molar refractivity (Wildman–Crippen MR) is 76.1 cm³/mol. The number of aryl methyl sites for hydroxylation is 2. The Labute approximate surface area is 115 Å². The predicted octanol–water partition coefficient (Wildman–Crippen LogP) is 3.06. The summed E-state index contributed by atoms with van der Waals surface area (Å²) in [4.78, 5) is 11.1. The van der Waals surface area contributed by atoms with Crippen LogP contribution in [0.1, 0.15) is 24.5 Å². The molecule has 19 heavy (non-hydrogen) atoms. The van der Waals surface area contributed by atoms with E-state index in [0.717, 1.165) is 12.8 Å². The first-order valence-corrected chi connectivity index (χ1v) is 6.56. The number of hydrogen-bond acceptors (Lipinski definition) is 3. The standard InChI is InChI=1S/C16H22O3/c1-13(2)16(17)19-12-11-18-10-6-9-15-8-5-4-7-14(15)3/h4-5,7-8H,1,6,9-12H2,2-3H3. The van der Waals surface area contributed by atoms with Crippen LogP contribution in [0.2, 0.25) is 0 Å². The van der Waals surface area contributed by atoms with E-state index >= 15 is 0 Å². The van der Waals surface area contributed by atoms with Crippen LogP contribution in [0.5, 0.6) is 0 Å². The van der Waals surface area contributed by atoms with Crippen LogP contribution < -0.4 is 0 Å². The van der Waals surface area contributed by atoms with Gasteiger partial charge in [-0.2, -0.15) is 0 Å². The number of benzene rings is 1. The highest BCUT2D eigenvalue weighted by Crippen LogP contribution is 2.09. The third-order valence-corrected chi connectivity index (χ3v) is 2.81. The van der Waals surface area contributed by atoms with Gasteiger partial charge in [0.05, 0.1) is 6.61 Å². The first-order chi connectivity index (χ1) is 9.11. The smallest absolute Gasteiger partial charge is 0.333 e. The molecule has 1 aromatic carbocycles. The van der Waals surface area contributed by atoms with E-state index in [9.17, 15) is 4.79 Å². The van der Waals surface area contributed by atoms with Crippen molar-refractivity contribution in [1.82, 2.24) is 0 Å². The summed E-state index contributed by atoms with van der Waals surface area (Å²) >= 11 is 0. The van der Waals surface area contributed by atoms with Crippen LogP contribution in [-0.4, -0.2) is 25.8 Å². The molecule has 0 atom stereocenters. The highest BCUT2D eigenvalue weighted by molar-refractivity contribution is 5.86. The molecule has 0 spiro atoms. The fourth-order valence-corrected chi connectivity index (χ4v) is 1.67. The first-order valence-electron chi connectivity index (χ1n) is 6.56. The van der Waals surface area contributed by atoms with Crippen LogP contribution in [0, 0.1) is 6.92 Å². The molecule has 0 unspecified atom stereocenters. The van der Waals surface area contributed by atoms with Gasteiger partial charge in [0.15, 0.2) is 0 Å². The Balaban J connectivity index is 2.05. The van der Waals surface area contributed by atoms with Crippen molar-refractivity contribution in [3.8, 4) is 0 Å². The topological polar surface area (TPSA) is 35.5 Å². The van der Waals surface area contributed by atoms with Gasteiger partial charge in [0.25, 0.3) is 0 Å². The third-order valence-electron chi connectivity index (χ3n) is 2.81. The second-order valence-electron chi connectivity index (χ2n) is 4.56. The van der Waals surface area contributed by atoms with Gasteiger partial charge in [0, 0.05) is 12.2 Å². The molecular formula is C16H22O3. The Morgan fingerprint density at radius 1 is 1.21 bits per heavy atom. The second-order valence-corrected chi connectivity index (χ2v) is 4.56. The Hall–Kier alpha value is -1.61. The second kappa shape index (κ2) is 8.48. The largest absolute Gasteiger partial charge is 0.460 e. The number of carbonyl (C=O) groups excluding carboxylic acids is 1. The van der Waals surface area contributed by atoms with Gasteiger partial charge in [0.2, 0.25) is 0 Å². The molecule has 0 bridgehead atoms. The molecule has 3 nitrogen and oxygen atoms in total. The van der Waals surface area contributed by atoms with Gasteiger partial charge in [-0.1, -0.05) is 30.8 Å². The number of esters is 1. The third kappa shape index (κ3) is 6.20. The molecule has 104 valence electrons. The van der Waals surface area contributed by atoms with Crippen molar-refractivity contribution in [3.05, 3.63) is 47.5 Å². The molecular weight excluding hydrogens is 240 g/mol. The Morgan fingerprint density at radius 3 is 2.63 bits per heavy atom. The van der Waals surface area contributed by atoms with E-state index in [-0.39, 0.29) is 12.6 Å². The zero-order valence-electron chi connectivity index (χ0n) is 11.8. The van der Waals surface area contributed by atoms with Gasteiger partial charge in [-0.3, -0.25) is 0 Å². The molecule has 1 aromatic rings. The SMILES string of the molecule is C=C(C)C(=O)OCCOCCCc1ccccc1C. The summed E-state index contributed by atoms with van der Waals surface area (Å²) in [6, 6.07) is 8.36. The van der Waals surface area contributed by atoms with Crippen LogP contribution >= 0.6 is 0 Å². The van der Waals surface area contributed by atoms with E-state index < -0.39 is 0 Å². The first kappa shape index (κ1) is 15.4. The summed E-state index contributed by atoms with van der Waals surface area (Å²) in [6.07, 6.45) is 1.98. The van der Waals surface area contributed by atoms with E-state index in [1.807, 2.05) is 6.07 Å². The molecule has 3 heteroatoms. The highest BCUT2D eigenvalue weighted by atomic mass is 16.6. The lowest BCUT2D eigenvalue weighted by atomic mass is 10.0. The minimum Gasteiger partial charge on any atom is -0.460 e. The van der Waals surface area contributed by atoms with E-state index in [2.05, 4.69) is 31.7 Å². The Morgan fingerprint density at radius 2 is 1.95 bits per heavy atom. The maximum absolute atomic E-state index is 11.1. The van der Waals surface area contributed by atoms with Crippen molar-refractivity contribution in [3.63, 3.8) is 0 Å². The van der Waals surface area contributed by atoms with Crippen molar-refractivity contribution < 1.29 is 14.3 Å². The monoisotopic (exact) mass is 262 g/mol. The summed E-state index contributed by atoms with van der Waals surface area (Å²) in [5.41, 5.74) is 3.09. The average Bonchev–Trinajstić information content (AvgIpc) is 2.39. The van der Waals surface area contributed by atoms with Gasteiger partial charge < -0.3 is 9.47 Å². The summed E-state index contributed by atoms with van der Waals surface area (Å²) in [5, 5.41) is 0. The normalized spacial score (nSPS) is 10.2. The maximum Gasteiger partial charge on any atom is 0.333 e. The lowest BCUT2D eigenvalue weighted by Gasteiger charge is -2.07. The van der Waals surface area contributed by atoms with E-state index in [1.54, 1.807) is 6.92 Å². The fourth-order valence-electron chi connectivity index (χ4n) is 1.67. The van der Waals surface area contributed by atoms with Gasteiger partial charge in [-0.25, -0.2) is 4.79 Å². The molecule has 0 amide bonds. The molecule has 0 saturated heterocycles. The molecule has 0 aliphatic carbocycles. The van der Waals surface area contributed by atoms with Crippen molar-refractivity contribution in [2.75, 3.05) is 19.8 Å².